The van der Waals surface area contributed by atoms with Crippen LogP contribution in [0.25, 0.3) is 0 Å². The third kappa shape index (κ3) is 3.36. The molecule has 2 rings (SSSR count). The Bertz CT molecular complexity index is 437. The van der Waals surface area contributed by atoms with Crippen molar-refractivity contribution in [2.75, 3.05) is 31.7 Å². The summed E-state index contributed by atoms with van der Waals surface area (Å²) in [5.74, 6) is 1.10. The Kier molecular flexibility index (Phi) is 4.43. The van der Waals surface area contributed by atoms with E-state index in [-0.39, 0.29) is 5.97 Å². The van der Waals surface area contributed by atoms with Crippen molar-refractivity contribution in [1.82, 2.24) is 9.88 Å². The van der Waals surface area contributed by atoms with Gasteiger partial charge in [0.1, 0.15) is 0 Å². The summed E-state index contributed by atoms with van der Waals surface area (Å²) in [6.45, 7) is 2.42. The molecule has 0 aromatic carbocycles. The summed E-state index contributed by atoms with van der Waals surface area (Å²) in [6.07, 6.45) is 1.53. The van der Waals surface area contributed by atoms with Crippen LogP contribution < -0.4 is 0 Å². The number of aromatic nitrogens is 1. The highest BCUT2D eigenvalue weighted by Gasteiger charge is 2.15. The van der Waals surface area contributed by atoms with E-state index in [4.69, 9.17) is 0 Å². The van der Waals surface area contributed by atoms with Crippen LogP contribution >= 0.6 is 0 Å². The van der Waals surface area contributed by atoms with Crippen LogP contribution in [0.2, 0.25) is 0 Å². The van der Waals surface area contributed by atoms with Gasteiger partial charge in [-0.2, -0.15) is 0 Å². The Morgan fingerprint density at radius 2 is 2.17 bits per heavy atom. The number of ether oxygens (including phenoxy) is 1. The van der Waals surface area contributed by atoms with Gasteiger partial charge in [0.15, 0.2) is 0 Å². The van der Waals surface area contributed by atoms with Gasteiger partial charge in [0.25, 0.3) is 0 Å². The van der Waals surface area contributed by atoms with Crippen molar-refractivity contribution < 1.29 is 13.7 Å². The zero-order chi connectivity index (χ0) is 13.0. The minimum absolute atomic E-state index is 0.373. The molecule has 0 atom stereocenters. The molecule has 98 valence electrons. The molecule has 0 N–H and O–H groups in total. The quantitative estimate of drug-likeness (QED) is 0.744. The maximum atomic E-state index is 11.2. The van der Waals surface area contributed by atoms with Crippen molar-refractivity contribution in [3.63, 3.8) is 0 Å². The molecule has 18 heavy (non-hydrogen) atoms. The zero-order valence-corrected chi connectivity index (χ0v) is 11.1. The largest absolute Gasteiger partial charge is 0.465 e. The average Bonchev–Trinajstić information content (AvgIpc) is 2.41. The molecule has 5 nitrogen and oxygen atoms in total. The smallest absolute Gasteiger partial charge is 0.339 e. The summed E-state index contributed by atoms with van der Waals surface area (Å²) in [5.41, 5.74) is 1.37. The molecule has 1 fully saturated rings. The van der Waals surface area contributed by atoms with Crippen LogP contribution in [0.4, 0.5) is 0 Å². The van der Waals surface area contributed by atoms with Gasteiger partial charge in [-0.3, -0.25) is 14.1 Å². The maximum absolute atomic E-state index is 11.2. The molecule has 0 spiro atoms. The van der Waals surface area contributed by atoms with E-state index in [0.29, 0.717) is 5.56 Å². The molecular formula is C12H16N2O3S. The second-order valence-corrected chi connectivity index (χ2v) is 5.85. The van der Waals surface area contributed by atoms with Crippen molar-refractivity contribution in [1.29, 1.82) is 0 Å². The second-order valence-electron chi connectivity index (χ2n) is 4.15. The average molecular weight is 268 g/mol. The van der Waals surface area contributed by atoms with Gasteiger partial charge in [-0.1, -0.05) is 0 Å². The summed E-state index contributed by atoms with van der Waals surface area (Å²) in [5, 5.41) is 0. The summed E-state index contributed by atoms with van der Waals surface area (Å²) in [7, 11) is 0.698. The van der Waals surface area contributed by atoms with Gasteiger partial charge >= 0.3 is 5.97 Å². The molecular weight excluding hydrogens is 252 g/mol. The van der Waals surface area contributed by atoms with E-state index < -0.39 is 10.8 Å². The summed E-state index contributed by atoms with van der Waals surface area (Å²) in [4.78, 5) is 17.7. The first-order valence-electron chi connectivity index (χ1n) is 5.79. The van der Waals surface area contributed by atoms with Crippen molar-refractivity contribution in [3.05, 3.63) is 29.6 Å². The molecule has 0 radical (unpaired) electrons. The molecule has 1 aliphatic rings. The molecule has 1 saturated heterocycles. The number of pyridine rings is 1. The van der Waals surface area contributed by atoms with Gasteiger partial charge in [0, 0.05) is 48.1 Å². The molecule has 6 heteroatoms. The van der Waals surface area contributed by atoms with Gasteiger partial charge < -0.3 is 4.74 Å². The number of carbonyl (C=O) groups is 1. The van der Waals surface area contributed by atoms with Crippen molar-refractivity contribution >= 4 is 16.8 Å². The number of esters is 1. The van der Waals surface area contributed by atoms with E-state index in [9.17, 15) is 9.00 Å². The minimum atomic E-state index is -0.653. The van der Waals surface area contributed by atoms with Gasteiger partial charge in [-0.25, -0.2) is 4.79 Å². The standard InChI is InChI=1S/C12H16N2O3S/c1-17-12(15)10-2-3-11(13-8-10)9-14-4-6-18(16)7-5-14/h2-3,8H,4-7,9H2,1H3. The van der Waals surface area contributed by atoms with Crippen molar-refractivity contribution in [3.8, 4) is 0 Å². The Labute approximate surface area is 109 Å². The van der Waals surface area contributed by atoms with Crippen molar-refractivity contribution in [2.45, 2.75) is 6.54 Å². The summed E-state index contributed by atoms with van der Waals surface area (Å²) >= 11 is 0. The van der Waals surface area contributed by atoms with Crippen molar-refractivity contribution in [2.24, 2.45) is 0 Å². The lowest BCUT2D eigenvalue weighted by Gasteiger charge is -2.25. The molecule has 0 saturated carbocycles. The number of hydrogen-bond donors (Lipinski definition) is 0. The maximum Gasteiger partial charge on any atom is 0.339 e. The molecule has 0 bridgehead atoms. The monoisotopic (exact) mass is 268 g/mol. The molecule has 0 unspecified atom stereocenters. The molecule has 2 heterocycles. The van der Waals surface area contributed by atoms with Crippen LogP contribution in [-0.2, 0) is 22.1 Å². The predicted molar refractivity (Wildman–Crippen MR) is 68.7 cm³/mol. The fraction of sp³-hybridized carbons (Fsp3) is 0.500. The highest BCUT2D eigenvalue weighted by atomic mass is 32.2. The van der Waals surface area contributed by atoms with Gasteiger partial charge in [0.05, 0.1) is 18.4 Å². The van der Waals surface area contributed by atoms with E-state index in [0.717, 1.165) is 36.8 Å². The van der Waals surface area contributed by atoms with Gasteiger partial charge in [0.2, 0.25) is 0 Å². The van der Waals surface area contributed by atoms with Crippen LogP contribution in [0.1, 0.15) is 16.1 Å². The SMILES string of the molecule is COC(=O)c1ccc(CN2CCS(=O)CC2)nc1. The van der Waals surface area contributed by atoms with Gasteiger partial charge in [-0.05, 0) is 12.1 Å². The van der Waals surface area contributed by atoms with Crippen LogP contribution in [0, 0.1) is 0 Å². The number of nitrogens with zero attached hydrogens (tertiary/aromatic N) is 2. The first-order chi connectivity index (χ1) is 8.69. The number of carbonyl (C=O) groups excluding carboxylic acids is 1. The highest BCUT2D eigenvalue weighted by molar-refractivity contribution is 7.85. The Morgan fingerprint density at radius 3 is 2.72 bits per heavy atom. The summed E-state index contributed by atoms with van der Waals surface area (Å²) in [6, 6.07) is 3.55. The molecule has 1 aromatic rings. The highest BCUT2D eigenvalue weighted by Crippen LogP contribution is 2.07. The number of methoxy groups -OCH3 is 1. The molecule has 1 aromatic heterocycles. The molecule has 0 amide bonds. The fourth-order valence-electron chi connectivity index (χ4n) is 1.82. The lowest BCUT2D eigenvalue weighted by molar-refractivity contribution is 0.0600. The third-order valence-corrected chi connectivity index (χ3v) is 4.18. The van der Waals surface area contributed by atoms with Crippen LogP contribution in [-0.4, -0.2) is 51.8 Å². The van der Waals surface area contributed by atoms with E-state index in [1.54, 1.807) is 6.07 Å². The Balaban J connectivity index is 1.94. The van der Waals surface area contributed by atoms with Crippen LogP contribution in [0.15, 0.2) is 18.3 Å². The normalized spacial score (nSPS) is 17.6. The molecule has 1 aliphatic heterocycles. The second kappa shape index (κ2) is 6.06. The van der Waals surface area contributed by atoms with E-state index >= 15 is 0 Å². The molecule has 0 aliphatic carbocycles. The minimum Gasteiger partial charge on any atom is -0.465 e. The lowest BCUT2D eigenvalue weighted by Crippen LogP contribution is -2.37. The summed E-state index contributed by atoms with van der Waals surface area (Å²) < 4.78 is 15.8. The predicted octanol–water partition coefficient (Wildman–Crippen LogP) is 0.432. The Morgan fingerprint density at radius 1 is 1.44 bits per heavy atom. The topological polar surface area (TPSA) is 59.5 Å². The lowest BCUT2D eigenvalue weighted by atomic mass is 10.2. The third-order valence-electron chi connectivity index (χ3n) is 2.90. The van der Waals surface area contributed by atoms with E-state index in [2.05, 4.69) is 14.6 Å². The van der Waals surface area contributed by atoms with E-state index in [1.165, 1.54) is 13.3 Å². The first kappa shape index (κ1) is 13.2. The fourth-order valence-corrected chi connectivity index (χ4v) is 2.95. The Hall–Kier alpha value is -1.27. The zero-order valence-electron chi connectivity index (χ0n) is 10.3. The number of hydrogen-bond acceptors (Lipinski definition) is 5. The van der Waals surface area contributed by atoms with E-state index in [1.807, 2.05) is 6.07 Å². The van der Waals surface area contributed by atoms with Gasteiger partial charge in [-0.15, -0.1) is 0 Å². The first-order valence-corrected chi connectivity index (χ1v) is 7.28. The number of rotatable bonds is 3. The van der Waals surface area contributed by atoms with Crippen LogP contribution in [0.5, 0.6) is 0 Å². The van der Waals surface area contributed by atoms with Crippen LogP contribution in [0.3, 0.4) is 0 Å².